The molecule has 1 heteroatoms. The van der Waals surface area contributed by atoms with Gasteiger partial charge in [0.2, 0.25) is 0 Å². The van der Waals surface area contributed by atoms with Crippen molar-refractivity contribution in [2.45, 2.75) is 91.9 Å². The summed E-state index contributed by atoms with van der Waals surface area (Å²) in [5.41, 5.74) is 6.04. The third kappa shape index (κ3) is 8.60. The molecule has 0 nitrogen and oxygen atoms in total. The van der Waals surface area contributed by atoms with Crippen LogP contribution in [-0.2, 0) is 12.8 Å². The molecule has 0 bridgehead atoms. The molecule has 0 saturated heterocycles. The van der Waals surface area contributed by atoms with Crippen LogP contribution in [0.25, 0.3) is 0 Å². The Hall–Kier alpha value is -0.534. The minimum absolute atomic E-state index is 0. The Bertz CT molecular complexity index is 496. The van der Waals surface area contributed by atoms with Crippen LogP contribution in [0.1, 0.15) is 101 Å². The zero-order chi connectivity index (χ0) is 17.9. The smallest absolute Gasteiger partial charge is 0.210 e. The molecule has 2 atom stereocenters. The fourth-order valence-corrected chi connectivity index (χ4v) is 3.00. The Balaban J connectivity index is 0.000000443. The summed E-state index contributed by atoms with van der Waals surface area (Å²) >= 11 is 0. The summed E-state index contributed by atoms with van der Waals surface area (Å²) in [4.78, 5) is 0. The minimum atomic E-state index is 0. The molecule has 2 aromatic rings. The number of aryl methyl sites for hydroxylation is 2. The molecule has 136 valence electrons. The van der Waals surface area contributed by atoms with E-state index in [2.05, 4.69) is 77.9 Å². The predicted molar refractivity (Wildman–Crippen MR) is 115 cm³/mol. The van der Waals surface area contributed by atoms with Crippen molar-refractivity contribution < 1.29 is 0 Å². The first-order valence-electron chi connectivity index (χ1n) is 10.1. The van der Waals surface area contributed by atoms with Gasteiger partial charge in [0.15, 0.2) is 0 Å². The Morgan fingerprint density at radius 1 is 0.720 bits per heavy atom. The molecule has 0 aliphatic heterocycles. The Labute approximate surface area is 173 Å². The molecule has 0 heterocycles. The second-order valence-electron chi connectivity index (χ2n) is 7.22. The van der Waals surface area contributed by atoms with Crippen LogP contribution in [0.15, 0.2) is 36.4 Å². The van der Waals surface area contributed by atoms with E-state index in [1.165, 1.54) is 60.8 Å². The average molecular weight is 351 g/mol. The van der Waals surface area contributed by atoms with Gasteiger partial charge in [-0.3, -0.25) is 0 Å². The largest absolute Gasteiger partial charge is 2.00 e. The van der Waals surface area contributed by atoms with Gasteiger partial charge >= 0.3 is 23.1 Å². The molecule has 2 unspecified atom stereocenters. The maximum absolute atomic E-state index is 2.36. The third-order valence-electron chi connectivity index (χ3n) is 5.12. The zero-order valence-corrected chi connectivity index (χ0v) is 19.0. The summed E-state index contributed by atoms with van der Waals surface area (Å²) in [7, 11) is 0. The van der Waals surface area contributed by atoms with Crippen molar-refractivity contribution >= 4 is 23.1 Å². The molecule has 0 saturated carbocycles. The van der Waals surface area contributed by atoms with Gasteiger partial charge in [-0.25, -0.2) is 12.1 Å². The van der Waals surface area contributed by atoms with Crippen molar-refractivity contribution in [1.29, 1.82) is 0 Å². The van der Waals surface area contributed by atoms with Gasteiger partial charge in [0.1, 0.15) is 0 Å². The van der Waals surface area contributed by atoms with E-state index in [4.69, 9.17) is 0 Å². The van der Waals surface area contributed by atoms with Gasteiger partial charge in [0.05, 0.1) is 0 Å². The van der Waals surface area contributed by atoms with E-state index in [1.54, 1.807) is 0 Å². The van der Waals surface area contributed by atoms with Crippen molar-refractivity contribution in [3.8, 4) is 0 Å². The van der Waals surface area contributed by atoms with E-state index in [9.17, 15) is 0 Å². The first kappa shape index (κ1) is 24.5. The van der Waals surface area contributed by atoms with E-state index < -0.39 is 0 Å². The molecule has 0 radical (unpaired) electrons. The molecule has 25 heavy (non-hydrogen) atoms. The summed E-state index contributed by atoms with van der Waals surface area (Å²) in [5, 5.41) is 0. The van der Waals surface area contributed by atoms with E-state index in [0.717, 1.165) is 11.8 Å². The number of hydrogen-bond acceptors (Lipinski definition) is 0. The predicted octanol–water partition coefficient (Wildman–Crippen LogP) is 7.36. The molecular formula is C24H38Mg. The molecule has 2 aromatic carbocycles. The van der Waals surface area contributed by atoms with Crippen molar-refractivity contribution in [3.05, 3.63) is 58.7 Å². The quantitative estimate of drug-likeness (QED) is 0.344. The van der Waals surface area contributed by atoms with E-state index in [0.29, 0.717) is 0 Å². The minimum Gasteiger partial charge on any atom is -0.210 e. The van der Waals surface area contributed by atoms with Crippen LogP contribution in [0.4, 0.5) is 0 Å². The van der Waals surface area contributed by atoms with Crippen LogP contribution in [0.3, 0.4) is 0 Å². The number of rotatable bonds is 8. The van der Waals surface area contributed by atoms with Crippen LogP contribution < -0.4 is 0 Å². The van der Waals surface area contributed by atoms with Crippen LogP contribution in [0, 0.1) is 0 Å². The van der Waals surface area contributed by atoms with Gasteiger partial charge < -0.3 is 0 Å². The molecule has 0 amide bonds. The number of hydrogen-bond donors (Lipinski definition) is 0. The van der Waals surface area contributed by atoms with Gasteiger partial charge in [0.25, 0.3) is 0 Å². The van der Waals surface area contributed by atoms with Gasteiger partial charge in [-0.1, -0.05) is 91.9 Å². The van der Waals surface area contributed by atoms with Crippen LogP contribution in [0.5, 0.6) is 0 Å². The summed E-state index contributed by atoms with van der Waals surface area (Å²) in [5.74, 6) is 1.46. The van der Waals surface area contributed by atoms with E-state index >= 15 is 0 Å². The van der Waals surface area contributed by atoms with E-state index in [-0.39, 0.29) is 23.1 Å². The van der Waals surface area contributed by atoms with Gasteiger partial charge in [-0.05, 0) is 0 Å². The van der Waals surface area contributed by atoms with Gasteiger partial charge in [0, 0.05) is 0 Å². The second kappa shape index (κ2) is 13.6. The van der Waals surface area contributed by atoms with Crippen LogP contribution >= 0.6 is 0 Å². The zero-order valence-electron chi connectivity index (χ0n) is 17.6. The maximum atomic E-state index is 2.36. The normalized spacial score (nSPS) is 12.7. The second-order valence-corrected chi connectivity index (χ2v) is 7.22. The molecule has 2 rings (SSSR count). The molecular weight excluding hydrogens is 313 g/mol. The monoisotopic (exact) mass is 350 g/mol. The van der Waals surface area contributed by atoms with Crippen molar-refractivity contribution in [1.82, 2.24) is 0 Å². The van der Waals surface area contributed by atoms with Crippen molar-refractivity contribution in [2.75, 3.05) is 0 Å². The summed E-state index contributed by atoms with van der Waals surface area (Å²) < 4.78 is 0. The van der Waals surface area contributed by atoms with Gasteiger partial charge in [-0.2, -0.15) is 46.5 Å². The third-order valence-corrected chi connectivity index (χ3v) is 5.12. The fourth-order valence-electron chi connectivity index (χ4n) is 3.00. The first-order chi connectivity index (χ1) is 11.5. The summed E-state index contributed by atoms with van der Waals surface area (Å²) in [6.45, 7) is 13.6. The van der Waals surface area contributed by atoms with Crippen LogP contribution in [0.2, 0.25) is 0 Å². The summed E-state index contributed by atoms with van der Waals surface area (Å²) in [6, 6.07) is 13.8. The standard InChI is InChI=1S/2C12H19.Mg/c2*1-4-6-11-7-8-12(9-11)10(3)5-2;/h2*7-10H,4-6H2,1-3H3;/q2*-1;+2. The molecule has 0 aromatic heterocycles. The molecule has 0 aliphatic rings. The Morgan fingerprint density at radius 2 is 1.08 bits per heavy atom. The van der Waals surface area contributed by atoms with Crippen molar-refractivity contribution in [2.24, 2.45) is 0 Å². The average Bonchev–Trinajstić information content (AvgIpc) is 3.24. The molecule has 0 aliphatic carbocycles. The Kier molecular flexibility index (Phi) is 13.4. The first-order valence-corrected chi connectivity index (χ1v) is 10.1. The molecule has 0 fully saturated rings. The topological polar surface area (TPSA) is 0 Å². The van der Waals surface area contributed by atoms with Crippen molar-refractivity contribution in [3.63, 3.8) is 0 Å². The van der Waals surface area contributed by atoms with Crippen LogP contribution in [-0.4, -0.2) is 23.1 Å². The SMILES string of the molecule is CCC[c-]1ccc(C(C)CC)c1.CCC[c-]1ccc(C(C)CC)c1.[Mg+2]. The molecule has 0 N–H and O–H groups in total. The maximum Gasteiger partial charge on any atom is 2.00 e. The Morgan fingerprint density at radius 3 is 1.36 bits per heavy atom. The van der Waals surface area contributed by atoms with E-state index in [1.807, 2.05) is 0 Å². The molecule has 0 spiro atoms. The van der Waals surface area contributed by atoms with Gasteiger partial charge in [-0.15, -0.1) is 0 Å². The summed E-state index contributed by atoms with van der Waals surface area (Å²) in [6.07, 6.45) is 7.46. The fraction of sp³-hybridized carbons (Fsp3) is 0.583.